The van der Waals surface area contributed by atoms with E-state index in [2.05, 4.69) is 12.2 Å². The molecule has 4 nitrogen and oxygen atoms in total. The maximum absolute atomic E-state index is 12.6. The maximum atomic E-state index is 12.6. The highest BCUT2D eigenvalue weighted by Gasteiger charge is 2.52. The van der Waals surface area contributed by atoms with Crippen LogP contribution in [0.3, 0.4) is 0 Å². The fraction of sp³-hybridized carbons (Fsp3) is 0.500. The molecule has 112 valence electrons. The number of fused-ring (bicyclic) bond motifs is 1. The van der Waals surface area contributed by atoms with Gasteiger partial charge in [-0.1, -0.05) is 18.2 Å². The molecule has 3 rings (SSSR count). The van der Waals surface area contributed by atoms with Crippen molar-refractivity contribution in [3.05, 3.63) is 29.3 Å². The predicted molar refractivity (Wildman–Crippen MR) is 85.3 cm³/mol. The summed E-state index contributed by atoms with van der Waals surface area (Å²) in [5, 5.41) is 3.02. The van der Waals surface area contributed by atoms with Crippen LogP contribution in [-0.4, -0.2) is 33.4 Å². The smallest absolute Gasteiger partial charge is 0.248 e. The molecule has 0 aromatic heterocycles. The SMILES string of the molecule is Cc1cccc(C)c1NC(=O)[C@H]1CS[C@]2(C)CCC(=O)N12. The summed E-state index contributed by atoms with van der Waals surface area (Å²) in [4.78, 5) is 26.3. The Bertz CT molecular complexity index is 596. The molecule has 0 unspecified atom stereocenters. The van der Waals surface area contributed by atoms with E-state index in [4.69, 9.17) is 0 Å². The number of anilines is 1. The average Bonchev–Trinajstić information content (AvgIpc) is 2.91. The summed E-state index contributed by atoms with van der Waals surface area (Å²) in [6.45, 7) is 6.03. The number of nitrogens with zero attached hydrogens (tertiary/aromatic N) is 1. The molecular formula is C16H20N2O2S. The topological polar surface area (TPSA) is 49.4 Å². The lowest BCUT2D eigenvalue weighted by Gasteiger charge is -2.30. The van der Waals surface area contributed by atoms with E-state index in [0.717, 1.165) is 23.2 Å². The first-order chi connectivity index (χ1) is 9.92. The highest BCUT2D eigenvalue weighted by molar-refractivity contribution is 8.01. The van der Waals surface area contributed by atoms with Gasteiger partial charge in [0, 0.05) is 17.9 Å². The first-order valence-electron chi connectivity index (χ1n) is 7.25. The van der Waals surface area contributed by atoms with Gasteiger partial charge in [0.05, 0.1) is 4.87 Å². The normalized spacial score (nSPS) is 27.9. The predicted octanol–water partition coefficient (Wildman–Crippen LogP) is 2.70. The summed E-state index contributed by atoms with van der Waals surface area (Å²) in [5.41, 5.74) is 2.96. The average molecular weight is 304 g/mol. The van der Waals surface area contributed by atoms with E-state index in [0.29, 0.717) is 12.2 Å². The highest BCUT2D eigenvalue weighted by Crippen LogP contribution is 2.47. The second-order valence-electron chi connectivity index (χ2n) is 6.02. The van der Waals surface area contributed by atoms with Crippen LogP contribution in [0.4, 0.5) is 5.69 Å². The van der Waals surface area contributed by atoms with Gasteiger partial charge in [-0.25, -0.2) is 0 Å². The molecule has 1 aromatic rings. The lowest BCUT2D eigenvalue weighted by atomic mass is 10.1. The van der Waals surface area contributed by atoms with Crippen LogP contribution in [0.1, 0.15) is 30.9 Å². The molecule has 21 heavy (non-hydrogen) atoms. The van der Waals surface area contributed by atoms with Gasteiger partial charge < -0.3 is 10.2 Å². The Labute approximate surface area is 129 Å². The number of hydrogen-bond acceptors (Lipinski definition) is 3. The quantitative estimate of drug-likeness (QED) is 0.914. The molecule has 0 spiro atoms. The van der Waals surface area contributed by atoms with Crippen LogP contribution in [0.5, 0.6) is 0 Å². The van der Waals surface area contributed by atoms with Crippen LogP contribution in [0.25, 0.3) is 0 Å². The summed E-state index contributed by atoms with van der Waals surface area (Å²) >= 11 is 1.72. The maximum Gasteiger partial charge on any atom is 0.248 e. The molecule has 1 aromatic carbocycles. The van der Waals surface area contributed by atoms with Crippen molar-refractivity contribution in [3.63, 3.8) is 0 Å². The largest absolute Gasteiger partial charge is 0.324 e. The number of hydrogen-bond donors (Lipinski definition) is 1. The van der Waals surface area contributed by atoms with E-state index < -0.39 is 0 Å². The van der Waals surface area contributed by atoms with Crippen molar-refractivity contribution in [3.8, 4) is 0 Å². The molecule has 2 heterocycles. The summed E-state index contributed by atoms with van der Waals surface area (Å²) < 4.78 is 0. The van der Waals surface area contributed by atoms with E-state index in [1.165, 1.54) is 0 Å². The molecular weight excluding hydrogens is 284 g/mol. The van der Waals surface area contributed by atoms with Crippen LogP contribution in [-0.2, 0) is 9.59 Å². The summed E-state index contributed by atoms with van der Waals surface area (Å²) in [7, 11) is 0. The second kappa shape index (κ2) is 5.05. The van der Waals surface area contributed by atoms with Crippen molar-refractivity contribution < 1.29 is 9.59 Å². The molecule has 2 amide bonds. The van der Waals surface area contributed by atoms with Crippen molar-refractivity contribution in [2.24, 2.45) is 0 Å². The number of rotatable bonds is 2. The molecule has 2 aliphatic rings. The van der Waals surface area contributed by atoms with Crippen molar-refractivity contribution in [1.82, 2.24) is 4.90 Å². The van der Waals surface area contributed by atoms with Gasteiger partial charge in [0.15, 0.2) is 0 Å². The zero-order valence-corrected chi connectivity index (χ0v) is 13.4. The van der Waals surface area contributed by atoms with Gasteiger partial charge in [-0.2, -0.15) is 0 Å². The highest BCUT2D eigenvalue weighted by atomic mass is 32.2. The lowest BCUT2D eigenvalue weighted by molar-refractivity contribution is -0.135. The number of nitrogens with one attached hydrogen (secondary N) is 1. The molecule has 1 N–H and O–H groups in total. The third-order valence-corrected chi connectivity index (χ3v) is 5.98. The molecule has 0 radical (unpaired) electrons. The van der Waals surface area contributed by atoms with Crippen molar-refractivity contribution in [2.45, 2.75) is 44.5 Å². The molecule has 5 heteroatoms. The Morgan fingerprint density at radius 2 is 2.05 bits per heavy atom. The van der Waals surface area contributed by atoms with Crippen LogP contribution in [0.15, 0.2) is 18.2 Å². The van der Waals surface area contributed by atoms with Gasteiger partial charge in [-0.3, -0.25) is 9.59 Å². The summed E-state index contributed by atoms with van der Waals surface area (Å²) in [6, 6.07) is 5.59. The summed E-state index contributed by atoms with van der Waals surface area (Å²) in [5.74, 6) is 0.710. The molecule has 0 bridgehead atoms. The zero-order valence-electron chi connectivity index (χ0n) is 12.6. The Balaban J connectivity index is 1.82. The van der Waals surface area contributed by atoms with Crippen LogP contribution >= 0.6 is 11.8 Å². The van der Waals surface area contributed by atoms with Gasteiger partial charge in [-0.05, 0) is 38.3 Å². The third-order valence-electron chi connectivity index (χ3n) is 4.48. The lowest BCUT2D eigenvalue weighted by Crippen LogP contribution is -2.48. The molecule has 2 atom stereocenters. The van der Waals surface area contributed by atoms with Crippen LogP contribution < -0.4 is 5.32 Å². The van der Waals surface area contributed by atoms with Crippen LogP contribution in [0.2, 0.25) is 0 Å². The monoisotopic (exact) mass is 304 g/mol. The Morgan fingerprint density at radius 1 is 1.38 bits per heavy atom. The van der Waals surface area contributed by atoms with E-state index in [1.807, 2.05) is 32.0 Å². The minimum atomic E-state index is -0.353. The number of carbonyl (C=O) groups excluding carboxylic acids is 2. The van der Waals surface area contributed by atoms with Gasteiger partial charge in [0.25, 0.3) is 0 Å². The fourth-order valence-corrected chi connectivity index (χ4v) is 4.66. The number of thioether (sulfide) groups is 1. The van der Waals surface area contributed by atoms with E-state index in [9.17, 15) is 9.59 Å². The third kappa shape index (κ3) is 2.33. The van der Waals surface area contributed by atoms with Crippen molar-refractivity contribution >= 4 is 29.3 Å². The number of para-hydroxylation sites is 1. The van der Waals surface area contributed by atoms with Crippen molar-refractivity contribution in [2.75, 3.05) is 11.1 Å². The fourth-order valence-electron chi connectivity index (χ4n) is 3.23. The minimum Gasteiger partial charge on any atom is -0.324 e. The number of carbonyl (C=O) groups is 2. The standard InChI is InChI=1S/C16H20N2O2S/c1-10-5-4-6-11(2)14(10)17-15(20)12-9-21-16(3)8-7-13(19)18(12)16/h4-6,12H,7-9H2,1-3H3,(H,17,20)/t12-,16-/m1/s1. The first-order valence-corrected chi connectivity index (χ1v) is 8.24. The zero-order chi connectivity index (χ0) is 15.2. The Hall–Kier alpha value is -1.49. The first kappa shape index (κ1) is 14.4. The molecule has 0 aliphatic carbocycles. The second-order valence-corrected chi connectivity index (χ2v) is 7.52. The van der Waals surface area contributed by atoms with E-state index >= 15 is 0 Å². The number of aryl methyl sites for hydroxylation is 2. The molecule has 0 saturated carbocycles. The van der Waals surface area contributed by atoms with Crippen molar-refractivity contribution in [1.29, 1.82) is 0 Å². The Kier molecular flexibility index (Phi) is 3.48. The van der Waals surface area contributed by atoms with Gasteiger partial charge in [0.2, 0.25) is 11.8 Å². The van der Waals surface area contributed by atoms with Gasteiger partial charge >= 0.3 is 0 Å². The minimum absolute atomic E-state index is 0.0705. The van der Waals surface area contributed by atoms with Crippen LogP contribution in [0, 0.1) is 13.8 Å². The molecule has 2 fully saturated rings. The summed E-state index contributed by atoms with van der Waals surface area (Å²) in [6.07, 6.45) is 1.39. The van der Waals surface area contributed by atoms with E-state index in [-0.39, 0.29) is 22.7 Å². The van der Waals surface area contributed by atoms with Gasteiger partial charge in [0.1, 0.15) is 6.04 Å². The van der Waals surface area contributed by atoms with Gasteiger partial charge in [-0.15, -0.1) is 11.8 Å². The van der Waals surface area contributed by atoms with E-state index in [1.54, 1.807) is 16.7 Å². The number of amides is 2. The Morgan fingerprint density at radius 3 is 2.71 bits per heavy atom. The molecule has 2 aliphatic heterocycles. The number of benzene rings is 1. The molecule has 2 saturated heterocycles.